The van der Waals surface area contributed by atoms with Crippen LogP contribution >= 0.6 is 0 Å². The number of benzene rings is 1. The Hall–Kier alpha value is -1.35. The molecule has 5 nitrogen and oxygen atoms in total. The maximum absolute atomic E-state index is 10.2. The number of aromatic carboxylic acids is 2. The minimum atomic E-state index is -1.33. The summed E-state index contributed by atoms with van der Waals surface area (Å²) in [5.41, 5.74) is -0.111. The fourth-order valence-corrected chi connectivity index (χ4v) is 0.742. The third kappa shape index (κ3) is 3.58. The van der Waals surface area contributed by atoms with Gasteiger partial charge in [0.15, 0.2) is 0 Å². The first-order valence-electron chi connectivity index (χ1n) is 3.14. The fraction of sp³-hybridized carbons (Fsp3) is 0. The maximum atomic E-state index is 10.2. The molecule has 1 radical (unpaired) electrons. The number of hydrogen-bond acceptors (Lipinski definition) is 5. The number of carbonyl (C=O) groups is 2. The number of carbonyl (C=O) groups excluding carboxylic acids is 2. The van der Waals surface area contributed by atoms with Gasteiger partial charge in [-0.3, -0.25) is 0 Å². The first-order chi connectivity index (χ1) is 5.61. The van der Waals surface area contributed by atoms with E-state index in [1.165, 1.54) is 0 Å². The van der Waals surface area contributed by atoms with Crippen molar-refractivity contribution < 1.29 is 42.6 Å². The summed E-state index contributed by atoms with van der Waals surface area (Å²) in [5, 5.41) is 20.4. The zero-order chi connectivity index (χ0) is 9.14. The van der Waals surface area contributed by atoms with Crippen LogP contribution in [-0.2, 0) is 17.4 Å². The summed E-state index contributed by atoms with van der Waals surface area (Å²) < 4.78 is 0. The van der Waals surface area contributed by atoms with E-state index in [-0.39, 0.29) is 34.0 Å². The van der Waals surface area contributed by atoms with E-state index in [4.69, 9.17) is 0 Å². The van der Waals surface area contributed by atoms with Gasteiger partial charge in [-0.15, -0.1) is 0 Å². The molecule has 0 aromatic heterocycles. The maximum Gasteiger partial charge on any atom is 3.00 e. The molecule has 0 atom stereocenters. The molecule has 0 fully saturated rings. The van der Waals surface area contributed by atoms with Crippen LogP contribution < -0.4 is 10.2 Å². The van der Waals surface area contributed by atoms with Crippen molar-refractivity contribution >= 4 is 11.9 Å². The van der Waals surface area contributed by atoms with E-state index in [0.717, 1.165) is 24.3 Å². The van der Waals surface area contributed by atoms with Crippen molar-refractivity contribution in [2.75, 3.05) is 0 Å². The van der Waals surface area contributed by atoms with Crippen LogP contribution in [0.25, 0.3) is 0 Å². The van der Waals surface area contributed by atoms with Crippen molar-refractivity contribution in [3.63, 3.8) is 0 Å². The molecule has 0 saturated carbocycles. The first kappa shape index (κ1) is 15.1. The molecule has 73 valence electrons. The van der Waals surface area contributed by atoms with E-state index in [1.807, 2.05) is 0 Å². The van der Waals surface area contributed by atoms with E-state index in [0.29, 0.717) is 0 Å². The molecule has 0 spiro atoms. The van der Waals surface area contributed by atoms with E-state index in [9.17, 15) is 19.8 Å². The Morgan fingerprint density at radius 2 is 1.07 bits per heavy atom. The minimum Gasteiger partial charge on any atom is -0.870 e. The van der Waals surface area contributed by atoms with Crippen molar-refractivity contribution in [2.24, 2.45) is 0 Å². The van der Waals surface area contributed by atoms with Gasteiger partial charge in [0.25, 0.3) is 0 Å². The molecule has 0 aliphatic heterocycles. The van der Waals surface area contributed by atoms with Crippen molar-refractivity contribution in [1.29, 1.82) is 0 Å². The summed E-state index contributed by atoms with van der Waals surface area (Å²) in [7, 11) is 0. The van der Waals surface area contributed by atoms with Crippen LogP contribution in [0.5, 0.6) is 0 Å². The fourth-order valence-electron chi connectivity index (χ4n) is 0.742. The standard InChI is InChI=1S/C8H6O4.Cr.H2O/c9-7(10)5-1-2-6(4-3-5)8(11)12;;/h1-4H,(H,9,10)(H,11,12);;1H2/q;+3;/p-3. The van der Waals surface area contributed by atoms with E-state index in [2.05, 4.69) is 0 Å². The topological polar surface area (TPSA) is 110 Å². The summed E-state index contributed by atoms with van der Waals surface area (Å²) in [5.74, 6) is -2.67. The van der Waals surface area contributed by atoms with Crippen molar-refractivity contribution in [3.8, 4) is 0 Å². The molecule has 1 aromatic carbocycles. The number of hydrogen-bond donors (Lipinski definition) is 0. The zero-order valence-corrected chi connectivity index (χ0v) is 8.07. The summed E-state index contributed by atoms with van der Waals surface area (Å²) in [6, 6.07) is 4.61. The second kappa shape index (κ2) is 6.16. The third-order valence-electron chi connectivity index (χ3n) is 1.36. The summed E-state index contributed by atoms with van der Waals surface area (Å²) in [6.45, 7) is 0. The molecule has 0 aliphatic rings. The average molecular weight is 233 g/mol. The predicted molar refractivity (Wildman–Crippen MR) is 37.0 cm³/mol. The van der Waals surface area contributed by atoms with Gasteiger partial charge < -0.3 is 25.3 Å². The van der Waals surface area contributed by atoms with Crippen molar-refractivity contribution in [1.82, 2.24) is 0 Å². The van der Waals surface area contributed by atoms with Crippen LogP contribution in [0.2, 0.25) is 0 Å². The summed E-state index contributed by atoms with van der Waals surface area (Å²) in [4.78, 5) is 20.4. The van der Waals surface area contributed by atoms with Crippen LogP contribution in [0.3, 0.4) is 0 Å². The molecule has 1 N–H and O–H groups in total. The van der Waals surface area contributed by atoms with Gasteiger partial charge in [-0.1, -0.05) is 24.3 Å². The minimum absolute atomic E-state index is 0. The Morgan fingerprint density at radius 3 is 1.21 bits per heavy atom. The third-order valence-corrected chi connectivity index (χ3v) is 1.36. The zero-order valence-electron chi connectivity index (χ0n) is 6.80. The average Bonchev–Trinajstić information content (AvgIpc) is 2.04. The van der Waals surface area contributed by atoms with Gasteiger partial charge in [0.1, 0.15) is 0 Å². The van der Waals surface area contributed by atoms with Crippen LogP contribution in [0.4, 0.5) is 0 Å². The van der Waals surface area contributed by atoms with Gasteiger partial charge in [0, 0.05) is 0 Å². The molecule has 1 rings (SSSR count). The molecule has 0 bridgehead atoms. The Bertz CT molecular complexity index is 286. The smallest absolute Gasteiger partial charge is 0.870 e. The van der Waals surface area contributed by atoms with E-state index < -0.39 is 11.9 Å². The van der Waals surface area contributed by atoms with E-state index >= 15 is 0 Å². The SMILES string of the molecule is O=C([O-])c1ccc(C(=O)[O-])cc1.[Cr+3].[OH-]. The quantitative estimate of drug-likeness (QED) is 0.600. The summed E-state index contributed by atoms with van der Waals surface area (Å²) in [6.07, 6.45) is 0. The van der Waals surface area contributed by atoms with Crippen molar-refractivity contribution in [3.05, 3.63) is 35.4 Å². The molecular weight excluding hydrogens is 228 g/mol. The van der Waals surface area contributed by atoms with Crippen LogP contribution in [-0.4, -0.2) is 17.4 Å². The Balaban J connectivity index is 0. The second-order valence-electron chi connectivity index (χ2n) is 2.15. The molecule has 6 heteroatoms. The summed E-state index contributed by atoms with van der Waals surface area (Å²) >= 11 is 0. The van der Waals surface area contributed by atoms with Gasteiger partial charge in [-0.25, -0.2) is 0 Å². The molecule has 1 aromatic rings. The Labute approximate surface area is 90.4 Å². The largest absolute Gasteiger partial charge is 3.00 e. The van der Waals surface area contributed by atoms with Crippen LogP contribution in [0.1, 0.15) is 20.7 Å². The Kier molecular flexibility index (Phi) is 6.66. The molecular formula is C8H5CrO5. The van der Waals surface area contributed by atoms with Crippen molar-refractivity contribution in [2.45, 2.75) is 0 Å². The molecule has 0 heterocycles. The number of carboxylic acids is 2. The molecule has 0 saturated heterocycles. The number of carboxylic acid groups (broad SMARTS) is 2. The normalized spacial score (nSPS) is 8.00. The van der Waals surface area contributed by atoms with Gasteiger partial charge >= 0.3 is 17.4 Å². The molecule has 0 amide bonds. The number of rotatable bonds is 2. The van der Waals surface area contributed by atoms with E-state index in [1.54, 1.807) is 0 Å². The molecule has 0 aliphatic carbocycles. The first-order valence-corrected chi connectivity index (χ1v) is 3.14. The predicted octanol–water partition coefficient (Wildman–Crippen LogP) is -1.77. The Morgan fingerprint density at radius 1 is 0.857 bits per heavy atom. The van der Waals surface area contributed by atoms with Crippen LogP contribution in [0.15, 0.2) is 24.3 Å². The molecule has 14 heavy (non-hydrogen) atoms. The van der Waals surface area contributed by atoms with Gasteiger partial charge in [0.2, 0.25) is 0 Å². The van der Waals surface area contributed by atoms with Gasteiger partial charge in [0.05, 0.1) is 11.9 Å². The van der Waals surface area contributed by atoms with Gasteiger partial charge in [-0.05, 0) is 11.1 Å². The monoisotopic (exact) mass is 233 g/mol. The van der Waals surface area contributed by atoms with Gasteiger partial charge in [-0.2, -0.15) is 0 Å². The molecule has 0 unspecified atom stereocenters. The van der Waals surface area contributed by atoms with Crippen LogP contribution in [0, 0.1) is 0 Å². The second-order valence-corrected chi connectivity index (χ2v) is 2.15.